The number of carbonyl (C=O) groups excluding carboxylic acids is 1. The Morgan fingerprint density at radius 1 is 1.41 bits per heavy atom. The van der Waals surface area contributed by atoms with Crippen LogP contribution in [0.15, 0.2) is 28.7 Å². The van der Waals surface area contributed by atoms with Crippen molar-refractivity contribution in [2.24, 2.45) is 0 Å². The SMILES string of the molecule is CC(C)(C)OC(=O)[C@@H]1N[C@H]1c1cccc(Br)c1. The lowest BCUT2D eigenvalue weighted by molar-refractivity contribution is -0.154. The highest BCUT2D eigenvalue weighted by molar-refractivity contribution is 9.10. The summed E-state index contributed by atoms with van der Waals surface area (Å²) in [6.07, 6.45) is 0. The number of esters is 1. The summed E-state index contributed by atoms with van der Waals surface area (Å²) in [4.78, 5) is 11.8. The van der Waals surface area contributed by atoms with Gasteiger partial charge in [-0.15, -0.1) is 0 Å². The number of hydrogen-bond donors (Lipinski definition) is 1. The van der Waals surface area contributed by atoms with Crippen molar-refractivity contribution in [2.75, 3.05) is 0 Å². The molecule has 2 atom stereocenters. The molecule has 0 bridgehead atoms. The first-order valence-electron chi connectivity index (χ1n) is 5.61. The van der Waals surface area contributed by atoms with Crippen LogP contribution in [-0.4, -0.2) is 17.6 Å². The van der Waals surface area contributed by atoms with Gasteiger partial charge in [-0.2, -0.15) is 0 Å². The van der Waals surface area contributed by atoms with Gasteiger partial charge in [-0.25, -0.2) is 0 Å². The Kier molecular flexibility index (Phi) is 3.27. The molecule has 0 amide bonds. The molecule has 0 aliphatic carbocycles. The summed E-state index contributed by atoms with van der Waals surface area (Å²) in [5.74, 6) is -0.178. The molecule has 0 radical (unpaired) electrons. The van der Waals surface area contributed by atoms with Crippen LogP contribution < -0.4 is 5.32 Å². The normalized spacial score (nSPS) is 23.3. The van der Waals surface area contributed by atoms with E-state index >= 15 is 0 Å². The summed E-state index contributed by atoms with van der Waals surface area (Å²) >= 11 is 3.42. The van der Waals surface area contributed by atoms with E-state index in [-0.39, 0.29) is 18.1 Å². The van der Waals surface area contributed by atoms with Crippen LogP contribution in [0, 0.1) is 0 Å². The Labute approximate surface area is 110 Å². The summed E-state index contributed by atoms with van der Waals surface area (Å²) in [6.45, 7) is 5.63. The van der Waals surface area contributed by atoms with Crippen molar-refractivity contribution in [1.29, 1.82) is 0 Å². The van der Waals surface area contributed by atoms with E-state index in [0.717, 1.165) is 10.0 Å². The third kappa shape index (κ3) is 3.30. The molecule has 4 heteroatoms. The summed E-state index contributed by atoms with van der Waals surface area (Å²) in [5, 5.41) is 3.14. The highest BCUT2D eigenvalue weighted by Crippen LogP contribution is 2.32. The standard InChI is InChI=1S/C13H16BrNO2/c1-13(2,3)17-12(16)11-10(15-11)8-5-4-6-9(14)7-8/h4-7,10-11,15H,1-3H3/t10-,11+/m0/s1. The van der Waals surface area contributed by atoms with E-state index in [9.17, 15) is 4.79 Å². The topological polar surface area (TPSA) is 48.2 Å². The zero-order chi connectivity index (χ0) is 12.6. The zero-order valence-electron chi connectivity index (χ0n) is 10.2. The van der Waals surface area contributed by atoms with Crippen LogP contribution in [0.25, 0.3) is 0 Å². The molecule has 0 aromatic heterocycles. The van der Waals surface area contributed by atoms with E-state index in [0.29, 0.717) is 0 Å². The molecule has 0 spiro atoms. The summed E-state index contributed by atoms with van der Waals surface area (Å²) in [7, 11) is 0. The van der Waals surface area contributed by atoms with Crippen LogP contribution in [-0.2, 0) is 9.53 Å². The Hall–Kier alpha value is -0.870. The van der Waals surface area contributed by atoms with Crippen molar-refractivity contribution in [3.8, 4) is 0 Å². The van der Waals surface area contributed by atoms with Crippen molar-refractivity contribution in [2.45, 2.75) is 38.5 Å². The van der Waals surface area contributed by atoms with Crippen molar-refractivity contribution in [1.82, 2.24) is 5.32 Å². The van der Waals surface area contributed by atoms with E-state index in [1.807, 2.05) is 45.0 Å². The highest BCUT2D eigenvalue weighted by Gasteiger charge is 2.45. The minimum Gasteiger partial charge on any atom is -0.459 e. The molecule has 1 saturated heterocycles. The molecule has 17 heavy (non-hydrogen) atoms. The average Bonchev–Trinajstić information content (AvgIpc) is 2.94. The Bertz CT molecular complexity index is 439. The molecular formula is C13H16BrNO2. The lowest BCUT2D eigenvalue weighted by Gasteiger charge is -2.19. The quantitative estimate of drug-likeness (QED) is 0.674. The molecule has 1 aliphatic rings. The maximum atomic E-state index is 11.8. The Morgan fingerprint density at radius 2 is 2.12 bits per heavy atom. The second kappa shape index (κ2) is 4.42. The van der Waals surface area contributed by atoms with Crippen molar-refractivity contribution < 1.29 is 9.53 Å². The predicted molar refractivity (Wildman–Crippen MR) is 69.7 cm³/mol. The first kappa shape index (κ1) is 12.6. The lowest BCUT2D eigenvalue weighted by atomic mass is 10.1. The fraction of sp³-hybridized carbons (Fsp3) is 0.462. The minimum absolute atomic E-state index is 0.0855. The number of hydrogen-bond acceptors (Lipinski definition) is 3. The summed E-state index contributed by atoms with van der Waals surface area (Å²) in [5.41, 5.74) is 0.679. The van der Waals surface area contributed by atoms with E-state index < -0.39 is 5.60 Å². The maximum absolute atomic E-state index is 11.8. The minimum atomic E-state index is -0.427. The number of carbonyl (C=O) groups is 1. The molecule has 1 heterocycles. The van der Waals surface area contributed by atoms with Gasteiger partial charge in [0, 0.05) is 4.47 Å². The van der Waals surface area contributed by atoms with E-state index in [1.54, 1.807) is 0 Å². The summed E-state index contributed by atoms with van der Waals surface area (Å²) in [6, 6.07) is 7.83. The number of benzene rings is 1. The van der Waals surface area contributed by atoms with Gasteiger partial charge in [0.2, 0.25) is 0 Å². The summed E-state index contributed by atoms with van der Waals surface area (Å²) < 4.78 is 6.35. The van der Waals surface area contributed by atoms with Gasteiger partial charge in [-0.3, -0.25) is 10.1 Å². The largest absolute Gasteiger partial charge is 0.459 e. The van der Waals surface area contributed by atoms with Gasteiger partial charge in [0.05, 0.1) is 6.04 Å². The molecule has 0 saturated carbocycles. The zero-order valence-corrected chi connectivity index (χ0v) is 11.7. The second-order valence-electron chi connectivity index (χ2n) is 5.21. The number of ether oxygens (including phenoxy) is 1. The predicted octanol–water partition coefficient (Wildman–Crippen LogP) is 2.80. The van der Waals surface area contributed by atoms with Crippen LogP contribution in [0.1, 0.15) is 32.4 Å². The van der Waals surface area contributed by atoms with Gasteiger partial charge < -0.3 is 4.74 Å². The van der Waals surface area contributed by atoms with Gasteiger partial charge in [-0.1, -0.05) is 28.1 Å². The fourth-order valence-corrected chi connectivity index (χ4v) is 2.11. The molecule has 3 nitrogen and oxygen atoms in total. The van der Waals surface area contributed by atoms with Crippen molar-refractivity contribution in [3.05, 3.63) is 34.3 Å². The van der Waals surface area contributed by atoms with Gasteiger partial charge >= 0.3 is 5.97 Å². The molecule has 0 unspecified atom stereocenters. The van der Waals surface area contributed by atoms with E-state index in [4.69, 9.17) is 4.74 Å². The lowest BCUT2D eigenvalue weighted by Crippen LogP contribution is -2.27. The maximum Gasteiger partial charge on any atom is 0.325 e. The molecule has 1 N–H and O–H groups in total. The Morgan fingerprint density at radius 3 is 2.71 bits per heavy atom. The van der Waals surface area contributed by atoms with Gasteiger partial charge in [0.1, 0.15) is 11.6 Å². The molecule has 1 aromatic carbocycles. The smallest absolute Gasteiger partial charge is 0.325 e. The van der Waals surface area contributed by atoms with E-state index in [2.05, 4.69) is 21.2 Å². The van der Waals surface area contributed by atoms with E-state index in [1.165, 1.54) is 0 Å². The number of nitrogens with one attached hydrogen (secondary N) is 1. The van der Waals surface area contributed by atoms with Crippen LogP contribution in [0.4, 0.5) is 0 Å². The van der Waals surface area contributed by atoms with Gasteiger partial charge in [0.15, 0.2) is 0 Å². The Balaban J connectivity index is 1.99. The van der Waals surface area contributed by atoms with Crippen molar-refractivity contribution >= 4 is 21.9 Å². The average molecular weight is 298 g/mol. The van der Waals surface area contributed by atoms with Crippen LogP contribution >= 0.6 is 15.9 Å². The second-order valence-corrected chi connectivity index (χ2v) is 6.13. The highest BCUT2D eigenvalue weighted by atomic mass is 79.9. The molecule has 92 valence electrons. The first-order valence-corrected chi connectivity index (χ1v) is 6.40. The van der Waals surface area contributed by atoms with Crippen LogP contribution in [0.5, 0.6) is 0 Å². The molecule has 1 fully saturated rings. The van der Waals surface area contributed by atoms with Crippen LogP contribution in [0.3, 0.4) is 0 Å². The third-order valence-electron chi connectivity index (χ3n) is 2.45. The van der Waals surface area contributed by atoms with Gasteiger partial charge in [0.25, 0.3) is 0 Å². The third-order valence-corrected chi connectivity index (χ3v) is 2.95. The van der Waals surface area contributed by atoms with Gasteiger partial charge in [-0.05, 0) is 38.5 Å². The first-order chi connectivity index (χ1) is 7.87. The number of rotatable bonds is 2. The van der Waals surface area contributed by atoms with Crippen molar-refractivity contribution in [3.63, 3.8) is 0 Å². The molecular weight excluding hydrogens is 282 g/mol. The van der Waals surface area contributed by atoms with Crippen LogP contribution in [0.2, 0.25) is 0 Å². The molecule has 2 rings (SSSR count). The fourth-order valence-electron chi connectivity index (χ4n) is 1.70. The monoisotopic (exact) mass is 297 g/mol. The molecule has 1 aliphatic heterocycles. The number of halogens is 1. The molecule has 1 aromatic rings.